The van der Waals surface area contributed by atoms with Gasteiger partial charge in [0.1, 0.15) is 35.5 Å². The molecule has 61 heavy (non-hydrogen) atoms. The molecule has 17 heteroatoms. The highest BCUT2D eigenvalue weighted by molar-refractivity contribution is 6.33. The van der Waals surface area contributed by atoms with E-state index in [9.17, 15) is 29.1 Å². The highest BCUT2D eigenvalue weighted by Gasteiger charge is 2.46. The number of carbonyl (C=O) groups is 4. The second-order valence-corrected chi connectivity index (χ2v) is 15.2. The number of aliphatic hydroxyl groups excluding tert-OH is 1. The second-order valence-electron chi connectivity index (χ2n) is 14.7. The lowest BCUT2D eigenvalue weighted by atomic mass is 10.0. The number of ether oxygens (including phenoxy) is 5. The van der Waals surface area contributed by atoms with Gasteiger partial charge in [0.2, 0.25) is 11.8 Å². The van der Waals surface area contributed by atoms with Crippen molar-refractivity contribution in [3.05, 3.63) is 86.5 Å². The molecule has 324 valence electrons. The van der Waals surface area contributed by atoms with E-state index in [0.29, 0.717) is 85.8 Å². The first-order valence-corrected chi connectivity index (χ1v) is 20.9. The normalized spacial score (nSPS) is 17.9. The van der Waals surface area contributed by atoms with Crippen LogP contribution in [0.1, 0.15) is 58.9 Å². The van der Waals surface area contributed by atoms with Gasteiger partial charge in [-0.2, -0.15) is 0 Å². The molecule has 4 heterocycles. The van der Waals surface area contributed by atoms with Crippen LogP contribution in [0.15, 0.2) is 63.8 Å². The maximum atomic E-state index is 13.3. The first-order chi connectivity index (χ1) is 29.7. The van der Waals surface area contributed by atoms with Crippen LogP contribution in [0.5, 0.6) is 11.5 Å². The largest absolute Gasteiger partial charge is 0.493 e. The van der Waals surface area contributed by atoms with Crippen molar-refractivity contribution in [2.45, 2.75) is 51.2 Å². The zero-order valence-electron chi connectivity index (χ0n) is 33.9. The minimum absolute atomic E-state index is 0.0397. The molecule has 0 bridgehead atoms. The quantitative estimate of drug-likeness (QED) is 0.0788. The van der Waals surface area contributed by atoms with Crippen LogP contribution in [-0.2, 0) is 30.3 Å². The van der Waals surface area contributed by atoms with Gasteiger partial charge in [0, 0.05) is 54.5 Å². The summed E-state index contributed by atoms with van der Waals surface area (Å²) in [6.07, 6.45) is 2.07. The molecule has 2 fully saturated rings. The van der Waals surface area contributed by atoms with E-state index in [4.69, 9.17) is 39.7 Å². The fraction of sp³-hybridized carbons (Fsp3) is 0.432. The van der Waals surface area contributed by atoms with Crippen molar-refractivity contribution in [3.8, 4) is 22.8 Å². The molecule has 0 saturated carbocycles. The van der Waals surface area contributed by atoms with Gasteiger partial charge in [-0.3, -0.25) is 39.1 Å². The van der Waals surface area contributed by atoms with Crippen molar-refractivity contribution in [2.75, 3.05) is 77.9 Å². The van der Waals surface area contributed by atoms with Crippen LogP contribution in [0.3, 0.4) is 0 Å². The van der Waals surface area contributed by atoms with Gasteiger partial charge < -0.3 is 38.5 Å². The molecule has 0 radical (unpaired) electrons. The van der Waals surface area contributed by atoms with Crippen LogP contribution < -0.4 is 25.5 Å². The summed E-state index contributed by atoms with van der Waals surface area (Å²) in [5.74, 6) is -1.14. The van der Waals surface area contributed by atoms with Crippen LogP contribution in [0.2, 0.25) is 5.02 Å². The molecule has 1 aromatic heterocycles. The van der Waals surface area contributed by atoms with Crippen molar-refractivity contribution in [3.63, 3.8) is 0 Å². The highest BCUT2D eigenvalue weighted by Crippen LogP contribution is 2.35. The van der Waals surface area contributed by atoms with Crippen molar-refractivity contribution in [1.29, 1.82) is 0 Å². The van der Waals surface area contributed by atoms with Crippen molar-refractivity contribution < 1.29 is 52.4 Å². The lowest BCUT2D eigenvalue weighted by Crippen LogP contribution is -2.54. The Balaban J connectivity index is 0.789. The van der Waals surface area contributed by atoms with E-state index in [1.807, 2.05) is 19.1 Å². The molecule has 4 amide bonds. The molecular weight excluding hydrogens is 812 g/mol. The Morgan fingerprint density at radius 1 is 0.852 bits per heavy atom. The standard InChI is InChI=1S/C44H49ClN4O12/c1-2-59-37-24-39-32(21-27(37)25-48-13-4-5-29(48)26-50)35(51)23-38(61-39)30-9-8-28(22-33(30)45)46-12-14-56-15-16-57-17-18-58-19-20-60-36-7-3-6-31-41(36)44(55)49(43(31)54)34-10-11-40(52)47-42(34)53/h3,6-9,21-24,29,34,46,50H,2,4-5,10-20,25-26H2,1H3,(H,47,52,53)/t29-,34?/m1/s1. The zero-order chi connectivity index (χ0) is 42.9. The van der Waals surface area contributed by atoms with Gasteiger partial charge in [0.25, 0.3) is 11.8 Å². The Hall–Kier alpha value is -5.36. The molecule has 1 unspecified atom stereocenters. The second kappa shape index (κ2) is 20.5. The molecule has 7 rings (SSSR count). The highest BCUT2D eigenvalue weighted by atomic mass is 35.5. The van der Waals surface area contributed by atoms with Crippen LogP contribution in [0, 0.1) is 0 Å². The third-order valence-corrected chi connectivity index (χ3v) is 11.1. The van der Waals surface area contributed by atoms with E-state index in [1.165, 1.54) is 12.1 Å². The number of imide groups is 2. The van der Waals surface area contributed by atoms with Crippen LogP contribution >= 0.6 is 11.6 Å². The van der Waals surface area contributed by atoms with E-state index in [-0.39, 0.29) is 61.0 Å². The zero-order valence-corrected chi connectivity index (χ0v) is 34.6. The summed E-state index contributed by atoms with van der Waals surface area (Å²) in [7, 11) is 0. The summed E-state index contributed by atoms with van der Waals surface area (Å²) in [6.45, 7) is 6.54. The first kappa shape index (κ1) is 43.7. The Morgan fingerprint density at radius 3 is 2.36 bits per heavy atom. The van der Waals surface area contributed by atoms with Crippen molar-refractivity contribution >= 4 is 51.9 Å². The monoisotopic (exact) mass is 860 g/mol. The van der Waals surface area contributed by atoms with E-state index in [2.05, 4.69) is 15.5 Å². The molecule has 3 aromatic carbocycles. The molecule has 3 aliphatic heterocycles. The predicted octanol–water partition coefficient (Wildman–Crippen LogP) is 4.41. The van der Waals surface area contributed by atoms with Gasteiger partial charge in [-0.25, -0.2) is 0 Å². The number of halogens is 1. The topological polar surface area (TPSA) is 195 Å². The maximum Gasteiger partial charge on any atom is 0.266 e. The third-order valence-electron chi connectivity index (χ3n) is 10.8. The molecule has 3 N–H and O–H groups in total. The summed E-state index contributed by atoms with van der Waals surface area (Å²) >= 11 is 6.68. The lowest BCUT2D eigenvalue weighted by Gasteiger charge is -2.27. The van der Waals surface area contributed by atoms with Crippen LogP contribution in [-0.4, -0.2) is 123 Å². The van der Waals surface area contributed by atoms with E-state index in [0.717, 1.165) is 35.5 Å². The lowest BCUT2D eigenvalue weighted by molar-refractivity contribution is -0.136. The van der Waals surface area contributed by atoms with E-state index in [1.54, 1.807) is 30.3 Å². The SMILES string of the molecule is CCOc1cc2oc(-c3ccc(NCCOCCOCCOCCOc4cccc5c4C(=O)N(C4CCC(=O)NC4=O)C5=O)cc3Cl)cc(=O)c2cc1CN1CCC[C@@H]1CO. The number of rotatable bonds is 21. The molecule has 0 spiro atoms. The van der Waals surface area contributed by atoms with E-state index < -0.39 is 29.7 Å². The van der Waals surface area contributed by atoms with Gasteiger partial charge in [-0.1, -0.05) is 17.7 Å². The van der Waals surface area contributed by atoms with Crippen LogP contribution in [0.4, 0.5) is 5.69 Å². The Bertz CT molecular complexity index is 2320. The smallest absolute Gasteiger partial charge is 0.266 e. The molecule has 16 nitrogen and oxygen atoms in total. The summed E-state index contributed by atoms with van der Waals surface area (Å²) < 4.78 is 34.8. The number of benzene rings is 3. The molecular formula is C44H49ClN4O12. The Labute approximate surface area is 357 Å². The average molecular weight is 861 g/mol. The number of carbonyl (C=O) groups excluding carboxylic acids is 4. The number of amides is 4. The number of aliphatic hydroxyl groups is 1. The number of hydrogen-bond acceptors (Lipinski definition) is 14. The first-order valence-electron chi connectivity index (χ1n) is 20.5. The molecule has 3 aliphatic rings. The number of nitrogens with one attached hydrogen (secondary N) is 2. The third kappa shape index (κ3) is 10.2. The van der Waals surface area contributed by atoms with Crippen molar-refractivity contribution in [2.24, 2.45) is 0 Å². The molecule has 2 atom stereocenters. The minimum atomic E-state index is -1.05. The maximum absolute atomic E-state index is 13.3. The minimum Gasteiger partial charge on any atom is -0.493 e. The molecule has 4 aromatic rings. The van der Waals surface area contributed by atoms with Gasteiger partial charge >= 0.3 is 0 Å². The number of nitrogens with zero attached hydrogens (tertiary/aromatic N) is 2. The number of hydrogen-bond donors (Lipinski definition) is 3. The average Bonchev–Trinajstić information content (AvgIpc) is 3.80. The fourth-order valence-corrected chi connectivity index (χ4v) is 8.03. The molecule has 0 aliphatic carbocycles. The summed E-state index contributed by atoms with van der Waals surface area (Å²) in [4.78, 5) is 66.5. The molecule has 2 saturated heterocycles. The predicted molar refractivity (Wildman–Crippen MR) is 224 cm³/mol. The summed E-state index contributed by atoms with van der Waals surface area (Å²) in [5, 5.41) is 16.1. The number of piperidine rings is 1. The Morgan fingerprint density at radius 2 is 1.62 bits per heavy atom. The van der Waals surface area contributed by atoms with Crippen molar-refractivity contribution in [1.82, 2.24) is 15.1 Å². The van der Waals surface area contributed by atoms with E-state index >= 15 is 0 Å². The number of likely N-dealkylation sites (tertiary alicyclic amines) is 1. The summed E-state index contributed by atoms with van der Waals surface area (Å²) in [5.41, 5.74) is 2.68. The fourth-order valence-electron chi connectivity index (χ4n) is 7.75. The number of anilines is 1. The van der Waals surface area contributed by atoms with Gasteiger partial charge in [-0.15, -0.1) is 0 Å². The Kier molecular flexibility index (Phi) is 14.7. The van der Waals surface area contributed by atoms with Gasteiger partial charge in [-0.05, 0) is 69.1 Å². The van der Waals surface area contributed by atoms with Gasteiger partial charge in [0.05, 0.1) is 74.4 Å². The van der Waals surface area contributed by atoms with Crippen LogP contribution in [0.25, 0.3) is 22.3 Å². The number of fused-ring (bicyclic) bond motifs is 2. The summed E-state index contributed by atoms with van der Waals surface area (Å²) in [6, 6.07) is 14.2. The van der Waals surface area contributed by atoms with Gasteiger partial charge in [0.15, 0.2) is 5.43 Å².